The number of hydrogen-bond donors (Lipinski definition) is 1. The number of methoxy groups -OCH3 is 2. The lowest BCUT2D eigenvalue weighted by molar-refractivity contribution is -0.116. The zero-order valence-electron chi connectivity index (χ0n) is 24.5. The lowest BCUT2D eigenvalue weighted by Crippen LogP contribution is -2.58. The summed E-state index contributed by atoms with van der Waals surface area (Å²) in [6.07, 6.45) is 5.04. The summed E-state index contributed by atoms with van der Waals surface area (Å²) in [4.78, 5) is 6.41. The molecule has 10 heteroatoms. The van der Waals surface area contributed by atoms with Gasteiger partial charge in [0.15, 0.2) is 0 Å². The van der Waals surface area contributed by atoms with E-state index in [4.69, 9.17) is 23.7 Å². The van der Waals surface area contributed by atoms with E-state index in [0.29, 0.717) is 19.8 Å². The Labute approximate surface area is 242 Å². The number of hydrogen-bond acceptors (Lipinski definition) is 9. The molecule has 1 saturated heterocycles. The Kier molecular flexibility index (Phi) is 10.1. The molecule has 3 aromatic rings. The molecule has 41 heavy (non-hydrogen) atoms. The SMILES string of the molecule is COCCCN1CCOc2ccc(COC3CNC[C@](C)(OCCCn4cncn4)C3c3ccc(OC)cc3)cc21. The minimum atomic E-state index is -0.457. The van der Waals surface area contributed by atoms with Crippen LogP contribution < -0.4 is 19.7 Å². The third-order valence-electron chi connectivity index (χ3n) is 7.98. The summed E-state index contributed by atoms with van der Waals surface area (Å²) in [5, 5.41) is 7.78. The third-order valence-corrected chi connectivity index (χ3v) is 7.98. The van der Waals surface area contributed by atoms with Crippen LogP contribution in [0.2, 0.25) is 0 Å². The number of benzene rings is 2. The van der Waals surface area contributed by atoms with E-state index in [9.17, 15) is 0 Å². The van der Waals surface area contributed by atoms with Crippen molar-refractivity contribution in [1.82, 2.24) is 20.1 Å². The van der Waals surface area contributed by atoms with Crippen LogP contribution >= 0.6 is 0 Å². The number of piperidine rings is 1. The first-order valence-corrected chi connectivity index (χ1v) is 14.5. The van der Waals surface area contributed by atoms with E-state index in [0.717, 1.165) is 74.9 Å². The Morgan fingerprint density at radius 2 is 1.93 bits per heavy atom. The fraction of sp³-hybridized carbons (Fsp3) is 0.548. The summed E-state index contributed by atoms with van der Waals surface area (Å²) < 4.78 is 31.8. The second-order valence-electron chi connectivity index (χ2n) is 10.9. The van der Waals surface area contributed by atoms with Gasteiger partial charge in [0.25, 0.3) is 0 Å². The monoisotopic (exact) mass is 565 g/mol. The molecule has 1 N–H and O–H groups in total. The van der Waals surface area contributed by atoms with Gasteiger partial charge in [-0.3, -0.25) is 4.68 Å². The third kappa shape index (κ3) is 7.37. The maximum Gasteiger partial charge on any atom is 0.142 e. The average molecular weight is 566 g/mol. The molecule has 3 heterocycles. The van der Waals surface area contributed by atoms with Gasteiger partial charge in [-0.2, -0.15) is 5.10 Å². The van der Waals surface area contributed by atoms with Crippen LogP contribution in [0.5, 0.6) is 11.5 Å². The molecule has 0 bridgehead atoms. The first-order valence-electron chi connectivity index (χ1n) is 14.5. The Balaban J connectivity index is 1.30. The molecule has 2 aliphatic heterocycles. The van der Waals surface area contributed by atoms with E-state index in [2.05, 4.69) is 57.6 Å². The summed E-state index contributed by atoms with van der Waals surface area (Å²) >= 11 is 0. The molecule has 5 rings (SSSR count). The van der Waals surface area contributed by atoms with Crippen LogP contribution in [0.1, 0.15) is 36.8 Å². The van der Waals surface area contributed by atoms with Crippen molar-refractivity contribution < 1.29 is 23.7 Å². The van der Waals surface area contributed by atoms with Crippen molar-refractivity contribution in [3.05, 3.63) is 66.2 Å². The highest BCUT2D eigenvalue weighted by Crippen LogP contribution is 2.39. The van der Waals surface area contributed by atoms with Crippen molar-refractivity contribution in [1.29, 1.82) is 0 Å². The van der Waals surface area contributed by atoms with Crippen LogP contribution in [0.3, 0.4) is 0 Å². The largest absolute Gasteiger partial charge is 0.497 e. The summed E-state index contributed by atoms with van der Waals surface area (Å²) in [6.45, 7) is 8.80. The number of fused-ring (bicyclic) bond motifs is 1. The predicted octanol–water partition coefficient (Wildman–Crippen LogP) is 3.66. The van der Waals surface area contributed by atoms with Crippen molar-refractivity contribution in [3.8, 4) is 11.5 Å². The van der Waals surface area contributed by atoms with Crippen LogP contribution in [-0.4, -0.2) is 86.7 Å². The standard InChI is InChI=1S/C31H43N5O5/c1-31(41-16-5-13-36-23-33-22-34-36)21-32-19-29(30(31)25-7-9-26(38-3)10-8-25)40-20-24-6-11-28-27(18-24)35(14-17-39-28)12-4-15-37-2/h6-11,18,22-23,29-30,32H,4-5,12-17,19-21H2,1-3H3/t29?,30?,31-/m0/s1. The molecule has 0 saturated carbocycles. The number of nitrogens with one attached hydrogen (secondary N) is 1. The molecule has 1 aromatic heterocycles. The van der Waals surface area contributed by atoms with Crippen molar-refractivity contribution in [2.24, 2.45) is 0 Å². The highest BCUT2D eigenvalue weighted by Gasteiger charge is 2.45. The molecule has 2 aliphatic rings. The van der Waals surface area contributed by atoms with Crippen molar-refractivity contribution in [2.45, 2.75) is 50.5 Å². The van der Waals surface area contributed by atoms with Gasteiger partial charge in [0.2, 0.25) is 0 Å². The summed E-state index contributed by atoms with van der Waals surface area (Å²) in [5.41, 5.74) is 2.98. The van der Waals surface area contributed by atoms with Crippen LogP contribution in [0, 0.1) is 0 Å². The van der Waals surface area contributed by atoms with Gasteiger partial charge in [0.1, 0.15) is 30.8 Å². The molecule has 0 radical (unpaired) electrons. The van der Waals surface area contributed by atoms with Crippen molar-refractivity contribution in [3.63, 3.8) is 0 Å². The second kappa shape index (κ2) is 14.1. The predicted molar refractivity (Wildman–Crippen MR) is 157 cm³/mol. The molecule has 2 unspecified atom stereocenters. The van der Waals surface area contributed by atoms with E-state index in [-0.39, 0.29) is 12.0 Å². The Morgan fingerprint density at radius 3 is 2.71 bits per heavy atom. The number of nitrogens with zero attached hydrogens (tertiary/aromatic N) is 4. The summed E-state index contributed by atoms with van der Waals surface area (Å²) in [7, 11) is 3.44. The number of aromatic nitrogens is 3. The minimum absolute atomic E-state index is 0.0347. The van der Waals surface area contributed by atoms with E-state index < -0.39 is 5.60 Å². The maximum absolute atomic E-state index is 6.70. The molecule has 222 valence electrons. The maximum atomic E-state index is 6.70. The van der Waals surface area contributed by atoms with Crippen molar-refractivity contribution >= 4 is 5.69 Å². The lowest BCUT2D eigenvalue weighted by Gasteiger charge is -2.46. The topological polar surface area (TPSA) is 92.1 Å². The van der Waals surface area contributed by atoms with Gasteiger partial charge in [-0.1, -0.05) is 18.2 Å². The van der Waals surface area contributed by atoms with Gasteiger partial charge in [-0.05, 0) is 55.2 Å². The van der Waals surface area contributed by atoms with Gasteiger partial charge in [-0.15, -0.1) is 0 Å². The minimum Gasteiger partial charge on any atom is -0.497 e. The lowest BCUT2D eigenvalue weighted by atomic mass is 9.76. The van der Waals surface area contributed by atoms with E-state index in [1.54, 1.807) is 26.9 Å². The van der Waals surface area contributed by atoms with Crippen LogP contribution in [0.25, 0.3) is 0 Å². The molecule has 3 atom stereocenters. The number of rotatable bonds is 14. The van der Waals surface area contributed by atoms with E-state index in [1.807, 2.05) is 16.8 Å². The molecule has 0 aliphatic carbocycles. The van der Waals surface area contributed by atoms with Crippen LogP contribution in [-0.2, 0) is 27.4 Å². The van der Waals surface area contributed by atoms with Gasteiger partial charge in [0.05, 0.1) is 37.7 Å². The first-order chi connectivity index (χ1) is 20.1. The van der Waals surface area contributed by atoms with Gasteiger partial charge >= 0.3 is 0 Å². The van der Waals surface area contributed by atoms with Crippen molar-refractivity contribution in [2.75, 3.05) is 65.1 Å². The average Bonchev–Trinajstić information content (AvgIpc) is 3.52. The molecular formula is C31H43N5O5. The van der Waals surface area contributed by atoms with Crippen LogP contribution in [0.4, 0.5) is 5.69 Å². The molecule has 2 aromatic carbocycles. The molecule has 0 spiro atoms. The fourth-order valence-corrected chi connectivity index (χ4v) is 5.88. The van der Waals surface area contributed by atoms with Crippen LogP contribution in [0.15, 0.2) is 55.1 Å². The van der Waals surface area contributed by atoms with E-state index in [1.165, 1.54) is 5.56 Å². The zero-order chi connectivity index (χ0) is 28.5. The Hall–Kier alpha value is -3.18. The summed E-state index contributed by atoms with van der Waals surface area (Å²) in [6, 6.07) is 14.7. The zero-order valence-corrected chi connectivity index (χ0v) is 24.5. The molecule has 1 fully saturated rings. The first kappa shape index (κ1) is 29.3. The highest BCUT2D eigenvalue weighted by molar-refractivity contribution is 5.61. The Morgan fingerprint density at radius 1 is 1.07 bits per heavy atom. The fourth-order valence-electron chi connectivity index (χ4n) is 5.88. The Bertz CT molecular complexity index is 1210. The molecule has 0 amide bonds. The highest BCUT2D eigenvalue weighted by atomic mass is 16.5. The van der Waals surface area contributed by atoms with Gasteiger partial charge < -0.3 is 33.9 Å². The van der Waals surface area contributed by atoms with Gasteiger partial charge in [-0.25, -0.2) is 4.98 Å². The van der Waals surface area contributed by atoms with E-state index >= 15 is 0 Å². The number of aryl methyl sites for hydroxylation is 1. The molecule has 10 nitrogen and oxygen atoms in total. The van der Waals surface area contributed by atoms with Gasteiger partial charge in [0, 0.05) is 52.4 Å². The second-order valence-corrected chi connectivity index (χ2v) is 10.9. The number of ether oxygens (including phenoxy) is 5. The number of anilines is 1. The molecular weight excluding hydrogens is 522 g/mol. The summed E-state index contributed by atoms with van der Waals surface area (Å²) in [5.74, 6) is 1.80. The smallest absolute Gasteiger partial charge is 0.142 e. The normalized spacial score (nSPS) is 22.3. The quantitative estimate of drug-likeness (QED) is 0.294.